The van der Waals surface area contributed by atoms with E-state index in [0.29, 0.717) is 16.9 Å². The van der Waals surface area contributed by atoms with E-state index in [2.05, 4.69) is 82.7 Å². The van der Waals surface area contributed by atoms with Gasteiger partial charge in [0.05, 0.1) is 0 Å². The number of carbonyl (C=O) groups is 1. The average molecular weight is 445 g/mol. The summed E-state index contributed by atoms with van der Waals surface area (Å²) in [5.41, 5.74) is 11.9. The number of ether oxygens (including phenoxy) is 1. The second-order valence-electron chi connectivity index (χ2n) is 8.93. The van der Waals surface area contributed by atoms with Gasteiger partial charge in [0, 0.05) is 11.2 Å². The monoisotopic (exact) mass is 444 g/mol. The lowest BCUT2D eigenvalue weighted by atomic mass is 9.92. The summed E-state index contributed by atoms with van der Waals surface area (Å²) in [6.07, 6.45) is 0. The van der Waals surface area contributed by atoms with Crippen LogP contribution < -0.4 is 26.8 Å². The molecule has 0 spiro atoms. The van der Waals surface area contributed by atoms with Crippen LogP contribution in [0.15, 0.2) is 42.5 Å². The van der Waals surface area contributed by atoms with Gasteiger partial charge in [-0.15, -0.1) is 0 Å². The van der Waals surface area contributed by atoms with Crippen molar-refractivity contribution in [1.82, 2.24) is 5.32 Å². The number of nitrogens with one attached hydrogen (secondary N) is 2. The minimum absolute atomic E-state index is 0.0869. The van der Waals surface area contributed by atoms with E-state index in [4.69, 9.17) is 21.7 Å². The van der Waals surface area contributed by atoms with Crippen LogP contribution in [0.1, 0.15) is 71.4 Å². The predicted octanol–water partition coefficient (Wildman–Crippen LogP) is 5.83. The summed E-state index contributed by atoms with van der Waals surface area (Å²) in [6.45, 7) is 15.1. The first kappa shape index (κ1) is 26.2. The number of benzene rings is 2. The minimum atomic E-state index is -0.833. The van der Waals surface area contributed by atoms with Crippen LogP contribution in [0.2, 0.25) is 0 Å². The van der Waals surface area contributed by atoms with Crippen molar-refractivity contribution < 1.29 is 9.53 Å². The van der Waals surface area contributed by atoms with Crippen molar-refractivity contribution in [2.45, 2.75) is 65.8 Å². The van der Waals surface area contributed by atoms with Crippen LogP contribution in [-0.4, -0.2) is 16.7 Å². The molecule has 0 saturated carbocycles. The lowest BCUT2D eigenvalue weighted by Crippen LogP contribution is -2.43. The second-order valence-corrected chi connectivity index (χ2v) is 9.34. The molecule has 0 radical (unpaired) electrons. The molecule has 6 nitrogen and oxygen atoms in total. The highest BCUT2D eigenvalue weighted by atomic mass is 32.1. The maximum atomic E-state index is 9.00. The molecule has 31 heavy (non-hydrogen) atoms. The summed E-state index contributed by atoms with van der Waals surface area (Å²) in [5, 5.41) is 7.44. The Morgan fingerprint density at radius 3 is 1.77 bits per heavy atom. The number of anilines is 1. The van der Waals surface area contributed by atoms with Crippen LogP contribution in [0, 0.1) is 0 Å². The molecule has 0 unspecified atom stereocenters. The van der Waals surface area contributed by atoms with Crippen molar-refractivity contribution in [1.29, 1.82) is 0 Å². The maximum absolute atomic E-state index is 9.00. The number of urea groups is 1. The van der Waals surface area contributed by atoms with Gasteiger partial charge in [0.25, 0.3) is 0 Å². The molecule has 0 aromatic heterocycles. The van der Waals surface area contributed by atoms with Crippen molar-refractivity contribution in [2.75, 3.05) is 5.32 Å². The summed E-state index contributed by atoms with van der Waals surface area (Å²) in [5.74, 6) is 2.37. The zero-order valence-electron chi connectivity index (χ0n) is 19.6. The van der Waals surface area contributed by atoms with Crippen LogP contribution in [-0.2, 0) is 0 Å². The molecule has 2 amide bonds. The smallest absolute Gasteiger partial charge is 0.309 e. The molecule has 2 aromatic rings. The molecule has 0 atom stereocenters. The van der Waals surface area contributed by atoms with E-state index in [1.165, 1.54) is 11.1 Å². The summed E-state index contributed by atoms with van der Waals surface area (Å²) in [7, 11) is 0. The molecule has 0 fully saturated rings. The third kappa shape index (κ3) is 9.70. The Kier molecular flexibility index (Phi) is 9.78. The molecule has 6 N–H and O–H groups in total. The Morgan fingerprint density at radius 2 is 1.39 bits per heavy atom. The number of rotatable bonds is 5. The number of para-hydroxylation sites is 1. The van der Waals surface area contributed by atoms with Gasteiger partial charge < -0.3 is 26.8 Å². The molecule has 2 rings (SSSR count). The van der Waals surface area contributed by atoms with Crippen molar-refractivity contribution in [3.8, 4) is 11.5 Å². The second kappa shape index (κ2) is 11.6. The van der Waals surface area contributed by atoms with Gasteiger partial charge in [-0.2, -0.15) is 0 Å². The van der Waals surface area contributed by atoms with Gasteiger partial charge in [-0.25, -0.2) is 4.79 Å². The molecular weight excluding hydrogens is 408 g/mol. The number of carbonyl (C=O) groups excluding carboxylic acids is 1. The van der Waals surface area contributed by atoms with Gasteiger partial charge in [0.2, 0.25) is 0 Å². The van der Waals surface area contributed by atoms with Crippen LogP contribution in [0.5, 0.6) is 11.5 Å². The van der Waals surface area contributed by atoms with E-state index in [9.17, 15) is 0 Å². The van der Waals surface area contributed by atoms with Gasteiger partial charge in [-0.1, -0.05) is 45.9 Å². The van der Waals surface area contributed by atoms with E-state index >= 15 is 0 Å². The van der Waals surface area contributed by atoms with Gasteiger partial charge in [-0.3, -0.25) is 0 Å². The van der Waals surface area contributed by atoms with Crippen LogP contribution in [0.3, 0.4) is 0 Å². The Hall–Kier alpha value is -2.80. The fourth-order valence-electron chi connectivity index (χ4n) is 2.88. The number of thiocarbonyl (C=S) groups is 1. The molecule has 170 valence electrons. The normalized spacial score (nSPS) is 10.9. The van der Waals surface area contributed by atoms with Crippen molar-refractivity contribution in [2.24, 2.45) is 11.5 Å². The summed E-state index contributed by atoms with van der Waals surface area (Å²) >= 11 is 5.56. The summed E-state index contributed by atoms with van der Waals surface area (Å²) in [4.78, 5) is 9.00. The Bertz CT molecular complexity index is 842. The molecule has 7 heteroatoms. The fraction of sp³-hybridized carbons (Fsp3) is 0.417. The van der Waals surface area contributed by atoms with Crippen LogP contribution in [0.25, 0.3) is 0 Å². The van der Waals surface area contributed by atoms with Crippen molar-refractivity contribution in [3.05, 3.63) is 53.6 Å². The molecule has 0 bridgehead atoms. The predicted molar refractivity (Wildman–Crippen MR) is 134 cm³/mol. The lowest BCUT2D eigenvalue weighted by Gasteiger charge is -2.27. The van der Waals surface area contributed by atoms with Gasteiger partial charge >= 0.3 is 6.03 Å². The SMILES string of the molecule is CC(C)c1cc(Oc2ccccc2)cc(C(C)C)c1NC(=S)NC(C)(C)C.NC(N)=O. The molecular formula is C24H36N4O2S. The first-order valence-corrected chi connectivity index (χ1v) is 10.8. The van der Waals surface area contributed by atoms with E-state index in [1.54, 1.807) is 0 Å². The number of primary amides is 2. The lowest BCUT2D eigenvalue weighted by molar-refractivity contribution is 0.256. The van der Waals surface area contributed by atoms with E-state index in [0.717, 1.165) is 17.2 Å². The zero-order chi connectivity index (χ0) is 23.8. The Morgan fingerprint density at radius 1 is 0.935 bits per heavy atom. The summed E-state index contributed by atoms with van der Waals surface area (Å²) < 4.78 is 6.12. The quantitative estimate of drug-likeness (QED) is 0.434. The maximum Gasteiger partial charge on any atom is 0.309 e. The number of nitrogens with two attached hydrogens (primary N) is 2. The summed E-state index contributed by atoms with van der Waals surface area (Å²) in [6, 6.07) is 13.3. The highest BCUT2D eigenvalue weighted by Gasteiger charge is 2.19. The number of hydrogen-bond acceptors (Lipinski definition) is 3. The molecule has 0 saturated heterocycles. The third-order valence-electron chi connectivity index (χ3n) is 4.12. The van der Waals surface area contributed by atoms with E-state index in [1.807, 2.05) is 30.3 Å². The Labute approximate surface area is 191 Å². The number of hydrogen-bond donors (Lipinski definition) is 4. The van der Waals surface area contributed by atoms with Crippen molar-refractivity contribution >= 4 is 29.0 Å². The average Bonchev–Trinajstić information content (AvgIpc) is 2.61. The topological polar surface area (TPSA) is 102 Å². The Balaban J connectivity index is 0.00000110. The largest absolute Gasteiger partial charge is 0.457 e. The van der Waals surface area contributed by atoms with Crippen LogP contribution in [0.4, 0.5) is 10.5 Å². The standard InChI is InChI=1S/C23H32N2OS.CH4N2O/c1-15(2)19-13-18(26-17-11-9-8-10-12-17)14-20(16(3)4)21(19)24-22(27)25-23(5,6)7;2-1(3)4/h8-16H,1-7H3,(H2,24,25,27);(H4,2,3,4). The first-order chi connectivity index (χ1) is 14.3. The van der Waals surface area contributed by atoms with E-state index in [-0.39, 0.29) is 5.54 Å². The highest BCUT2D eigenvalue weighted by molar-refractivity contribution is 7.80. The molecule has 0 heterocycles. The zero-order valence-corrected chi connectivity index (χ0v) is 20.4. The van der Waals surface area contributed by atoms with Crippen molar-refractivity contribution in [3.63, 3.8) is 0 Å². The molecule has 0 aliphatic carbocycles. The van der Waals surface area contributed by atoms with Gasteiger partial charge in [0.15, 0.2) is 5.11 Å². The highest BCUT2D eigenvalue weighted by Crippen LogP contribution is 2.37. The van der Waals surface area contributed by atoms with Gasteiger partial charge in [0.1, 0.15) is 11.5 Å². The number of amides is 2. The first-order valence-electron chi connectivity index (χ1n) is 10.3. The van der Waals surface area contributed by atoms with Crippen LogP contribution >= 0.6 is 12.2 Å². The third-order valence-corrected chi connectivity index (χ3v) is 4.33. The fourth-order valence-corrected chi connectivity index (χ4v) is 3.29. The minimum Gasteiger partial charge on any atom is -0.457 e. The molecule has 2 aromatic carbocycles. The molecule has 0 aliphatic heterocycles. The van der Waals surface area contributed by atoms with E-state index < -0.39 is 6.03 Å². The van der Waals surface area contributed by atoms with Gasteiger partial charge in [-0.05, 0) is 80.2 Å². The molecule has 0 aliphatic rings.